The third-order valence-corrected chi connectivity index (χ3v) is 7.61. The van der Waals surface area contributed by atoms with E-state index in [1.54, 1.807) is 31.2 Å². The second-order valence-corrected chi connectivity index (χ2v) is 11.1. The molecule has 2 aromatic rings. The molecule has 33 heavy (non-hydrogen) atoms. The van der Waals surface area contributed by atoms with Crippen LogP contribution in [0.15, 0.2) is 35.2 Å². The predicted molar refractivity (Wildman–Crippen MR) is 126 cm³/mol. The van der Waals surface area contributed by atoms with E-state index in [2.05, 4.69) is 19.2 Å². The molecule has 174 valence electrons. The number of carbonyl (C=O) groups is 2. The maximum atomic E-state index is 14.4. The summed E-state index contributed by atoms with van der Waals surface area (Å²) in [5.74, 6) is -0.540. The summed E-state index contributed by atoms with van der Waals surface area (Å²) in [5.41, 5.74) is 2.01. The van der Waals surface area contributed by atoms with Crippen molar-refractivity contribution in [3.63, 3.8) is 0 Å². The van der Waals surface area contributed by atoms with Crippen molar-refractivity contribution in [3.8, 4) is 11.1 Å². The lowest BCUT2D eigenvalue weighted by Crippen LogP contribution is -2.34. The van der Waals surface area contributed by atoms with Crippen LogP contribution in [0.1, 0.15) is 68.4 Å². The summed E-state index contributed by atoms with van der Waals surface area (Å²) in [6, 6.07) is 8.22. The third kappa shape index (κ3) is 4.23. The molecule has 1 heterocycles. The Bertz CT molecular complexity index is 1210. The van der Waals surface area contributed by atoms with Crippen LogP contribution in [0.25, 0.3) is 17.2 Å². The second kappa shape index (κ2) is 7.76. The van der Waals surface area contributed by atoms with Crippen LogP contribution in [-0.2, 0) is 21.8 Å². The number of imide groups is 1. The summed E-state index contributed by atoms with van der Waals surface area (Å²) in [7, 11) is 0. The molecule has 4 rings (SSSR count). The Morgan fingerprint density at radius 1 is 1.00 bits per heavy atom. The van der Waals surface area contributed by atoms with Crippen molar-refractivity contribution in [2.24, 2.45) is 0 Å². The zero-order chi connectivity index (χ0) is 24.3. The van der Waals surface area contributed by atoms with Gasteiger partial charge in [-0.05, 0) is 93.9 Å². The van der Waals surface area contributed by atoms with Crippen molar-refractivity contribution in [1.82, 2.24) is 5.32 Å². The van der Waals surface area contributed by atoms with Gasteiger partial charge in [0.1, 0.15) is 0 Å². The van der Waals surface area contributed by atoms with Crippen molar-refractivity contribution < 1.29 is 22.8 Å². The molecule has 0 unspecified atom stereocenters. The Hall–Kier alpha value is -2.54. The molecule has 0 aromatic heterocycles. The minimum Gasteiger partial charge on any atom is -0.282 e. The van der Waals surface area contributed by atoms with Gasteiger partial charge in [0.2, 0.25) is 0 Å². The smallest absolute Gasteiger partial charge is 0.282 e. The number of amides is 2. The van der Waals surface area contributed by atoms with E-state index in [9.17, 15) is 22.8 Å². The monoisotopic (exact) mass is 473 g/mol. The molecule has 0 spiro atoms. The van der Waals surface area contributed by atoms with Gasteiger partial charge in [-0.3, -0.25) is 14.9 Å². The normalized spacial score (nSPS) is 20.7. The number of aryl methyl sites for hydroxylation is 1. The van der Waals surface area contributed by atoms with E-state index in [0.29, 0.717) is 16.7 Å². The zero-order valence-corrected chi connectivity index (χ0v) is 20.1. The van der Waals surface area contributed by atoms with Gasteiger partial charge in [0.25, 0.3) is 11.1 Å². The van der Waals surface area contributed by atoms with E-state index in [1.807, 2.05) is 13.8 Å². The maximum Gasteiger partial charge on any atom is 0.417 e. The highest BCUT2D eigenvalue weighted by molar-refractivity contribution is 8.18. The summed E-state index contributed by atoms with van der Waals surface area (Å²) in [6.07, 6.45) is -1.36. The quantitative estimate of drug-likeness (QED) is 0.464. The van der Waals surface area contributed by atoms with E-state index in [0.717, 1.165) is 35.7 Å². The molecule has 2 amide bonds. The Morgan fingerprint density at radius 2 is 1.61 bits per heavy atom. The van der Waals surface area contributed by atoms with Gasteiger partial charge in [-0.1, -0.05) is 45.9 Å². The highest BCUT2D eigenvalue weighted by Crippen LogP contribution is 2.50. The molecule has 1 fully saturated rings. The largest absolute Gasteiger partial charge is 0.417 e. The van der Waals surface area contributed by atoms with Gasteiger partial charge >= 0.3 is 6.18 Å². The molecule has 2 aromatic carbocycles. The lowest BCUT2D eigenvalue weighted by atomic mass is 9.62. The lowest BCUT2D eigenvalue weighted by Gasteiger charge is -2.42. The highest BCUT2D eigenvalue weighted by atomic mass is 32.2. The Morgan fingerprint density at radius 3 is 2.15 bits per heavy atom. The average molecular weight is 474 g/mol. The zero-order valence-electron chi connectivity index (χ0n) is 19.2. The van der Waals surface area contributed by atoms with Crippen molar-refractivity contribution in [2.75, 3.05) is 0 Å². The van der Waals surface area contributed by atoms with Crippen LogP contribution in [0, 0.1) is 6.92 Å². The molecule has 0 radical (unpaired) electrons. The molecule has 1 N–H and O–H groups in total. The lowest BCUT2D eigenvalue weighted by molar-refractivity contribution is -0.137. The fourth-order valence-electron chi connectivity index (χ4n) is 4.80. The SMILES string of the molecule is Cc1cccc(/C=C2\SC(=O)NC2=O)c1-c1cc2c(cc1C(F)(F)F)C(C)(C)CCC2(C)C. The predicted octanol–water partition coefficient (Wildman–Crippen LogP) is 7.35. The number of fused-ring (bicyclic) bond motifs is 1. The molecule has 1 aliphatic carbocycles. The summed E-state index contributed by atoms with van der Waals surface area (Å²) in [4.78, 5) is 23.9. The van der Waals surface area contributed by atoms with Gasteiger partial charge in [-0.15, -0.1) is 0 Å². The first kappa shape index (κ1) is 23.6. The summed E-state index contributed by atoms with van der Waals surface area (Å²) >= 11 is 0.750. The number of nitrogens with one attached hydrogen (secondary N) is 1. The topological polar surface area (TPSA) is 46.2 Å². The number of hydrogen-bond acceptors (Lipinski definition) is 3. The fraction of sp³-hybridized carbons (Fsp3) is 0.385. The van der Waals surface area contributed by atoms with Crippen molar-refractivity contribution in [3.05, 3.63) is 63.1 Å². The van der Waals surface area contributed by atoms with E-state index < -0.39 is 22.9 Å². The second-order valence-electron chi connectivity index (χ2n) is 10.1. The number of rotatable bonds is 2. The van der Waals surface area contributed by atoms with Gasteiger partial charge in [0.15, 0.2) is 0 Å². The van der Waals surface area contributed by atoms with Crippen molar-refractivity contribution in [1.29, 1.82) is 0 Å². The number of thioether (sulfide) groups is 1. The van der Waals surface area contributed by atoms with Crippen LogP contribution >= 0.6 is 11.8 Å². The molecular formula is C26H26F3NO2S. The van der Waals surface area contributed by atoms with Gasteiger partial charge in [-0.25, -0.2) is 0 Å². The van der Waals surface area contributed by atoms with Crippen LogP contribution in [0.4, 0.5) is 18.0 Å². The molecule has 0 saturated carbocycles. The highest BCUT2D eigenvalue weighted by Gasteiger charge is 2.42. The van der Waals surface area contributed by atoms with Gasteiger partial charge in [0.05, 0.1) is 10.5 Å². The number of halogens is 3. The molecule has 7 heteroatoms. The minimum absolute atomic E-state index is 0.103. The summed E-state index contributed by atoms with van der Waals surface area (Å²) < 4.78 is 43.2. The standard InChI is InChI=1S/C26H26F3NO2S/c1-14-7-6-8-15(11-20-22(31)30-23(32)33-20)21(14)16-12-18-19(13-17(16)26(27,28)29)25(4,5)10-9-24(18,2)3/h6-8,11-13H,9-10H2,1-5H3,(H,30,31,32)/b20-11-. The molecule has 0 atom stereocenters. The number of benzene rings is 2. The maximum absolute atomic E-state index is 14.4. The molecule has 1 aliphatic heterocycles. The third-order valence-electron chi connectivity index (χ3n) is 6.80. The molecule has 3 nitrogen and oxygen atoms in total. The van der Waals surface area contributed by atoms with Crippen LogP contribution in [0.3, 0.4) is 0 Å². The van der Waals surface area contributed by atoms with Crippen molar-refractivity contribution >= 4 is 29.0 Å². The fourth-order valence-corrected chi connectivity index (χ4v) is 5.47. The van der Waals surface area contributed by atoms with E-state index in [-0.39, 0.29) is 21.3 Å². The van der Waals surface area contributed by atoms with Crippen LogP contribution in [0.5, 0.6) is 0 Å². The average Bonchev–Trinajstić information content (AvgIpc) is 3.01. The van der Waals surface area contributed by atoms with Gasteiger partial charge < -0.3 is 0 Å². The molecule has 2 aliphatic rings. The summed E-state index contributed by atoms with van der Waals surface area (Å²) in [5, 5.41) is 1.70. The first-order chi connectivity index (χ1) is 15.2. The molecular weight excluding hydrogens is 447 g/mol. The number of carbonyl (C=O) groups excluding carboxylic acids is 2. The number of hydrogen-bond donors (Lipinski definition) is 1. The summed E-state index contributed by atoms with van der Waals surface area (Å²) in [6.45, 7) is 9.90. The minimum atomic E-state index is -4.55. The first-order valence-electron chi connectivity index (χ1n) is 10.8. The number of alkyl halides is 3. The van der Waals surface area contributed by atoms with Crippen molar-refractivity contribution in [2.45, 2.75) is 64.5 Å². The Kier molecular flexibility index (Phi) is 5.55. The van der Waals surface area contributed by atoms with E-state index in [1.165, 1.54) is 12.1 Å². The van der Waals surface area contributed by atoms with Gasteiger partial charge in [0, 0.05) is 0 Å². The van der Waals surface area contributed by atoms with E-state index in [4.69, 9.17) is 0 Å². The Labute approximate surface area is 195 Å². The van der Waals surface area contributed by atoms with Gasteiger partial charge in [-0.2, -0.15) is 13.2 Å². The first-order valence-corrected chi connectivity index (χ1v) is 11.6. The van der Waals surface area contributed by atoms with Crippen LogP contribution in [-0.4, -0.2) is 11.1 Å². The van der Waals surface area contributed by atoms with Crippen LogP contribution < -0.4 is 5.32 Å². The molecule has 0 bridgehead atoms. The van der Waals surface area contributed by atoms with Crippen LogP contribution in [0.2, 0.25) is 0 Å². The van der Waals surface area contributed by atoms with E-state index >= 15 is 0 Å². The Balaban J connectivity index is 2.04. The molecule has 1 saturated heterocycles.